The number of hydrogen-bond acceptors (Lipinski definition) is 6. The monoisotopic (exact) mass is 390 g/mol. The zero-order chi connectivity index (χ0) is 17.9. The van der Waals surface area contributed by atoms with E-state index in [0.29, 0.717) is 6.54 Å². The van der Waals surface area contributed by atoms with Crippen LogP contribution in [0.25, 0.3) is 11.3 Å². The molecule has 0 radical (unpaired) electrons. The molecule has 0 bridgehead atoms. The summed E-state index contributed by atoms with van der Waals surface area (Å²) in [5.74, 6) is 2.49. The Labute approximate surface area is 164 Å². The van der Waals surface area contributed by atoms with Crippen LogP contribution in [-0.4, -0.2) is 42.5 Å². The standard InChI is InChI=1S/C19H22N4O3.ClH/c1-23(2)15(16-4-3-7-24-16)11-20-9-14-10-21-22-19(14)13-5-6-17-18(8-13)26-12-25-17;/h3-8,10,15,20H,9,11-12H2,1-2H3,(H,21,22);1H. The van der Waals surface area contributed by atoms with Crippen LogP contribution in [0.15, 0.2) is 47.2 Å². The number of halogens is 1. The van der Waals surface area contributed by atoms with Crippen molar-refractivity contribution in [3.63, 3.8) is 0 Å². The molecule has 1 atom stereocenters. The number of rotatable bonds is 7. The molecule has 144 valence electrons. The molecule has 0 fully saturated rings. The van der Waals surface area contributed by atoms with Crippen LogP contribution in [0.4, 0.5) is 0 Å². The average Bonchev–Trinajstić information content (AvgIpc) is 3.38. The number of ether oxygens (including phenoxy) is 2. The van der Waals surface area contributed by atoms with Crippen LogP contribution in [0.1, 0.15) is 17.4 Å². The van der Waals surface area contributed by atoms with E-state index in [1.54, 1.807) is 6.26 Å². The first-order chi connectivity index (χ1) is 12.7. The third-order valence-electron chi connectivity index (χ3n) is 4.53. The number of hydrogen-bond donors (Lipinski definition) is 2. The van der Waals surface area contributed by atoms with E-state index in [0.717, 1.165) is 40.6 Å². The Morgan fingerprint density at radius 2 is 2.07 bits per heavy atom. The highest BCUT2D eigenvalue weighted by molar-refractivity contribution is 5.85. The number of fused-ring (bicyclic) bond motifs is 1. The minimum Gasteiger partial charge on any atom is -0.468 e. The predicted molar refractivity (Wildman–Crippen MR) is 104 cm³/mol. The van der Waals surface area contributed by atoms with Gasteiger partial charge in [0.2, 0.25) is 6.79 Å². The van der Waals surface area contributed by atoms with Crippen molar-refractivity contribution in [3.8, 4) is 22.8 Å². The van der Waals surface area contributed by atoms with Crippen molar-refractivity contribution < 1.29 is 13.9 Å². The van der Waals surface area contributed by atoms with E-state index in [-0.39, 0.29) is 25.2 Å². The number of nitrogens with zero attached hydrogens (tertiary/aromatic N) is 2. The number of H-pyrrole nitrogens is 1. The average molecular weight is 391 g/mol. The van der Waals surface area contributed by atoms with Gasteiger partial charge in [-0.2, -0.15) is 5.10 Å². The molecule has 0 amide bonds. The molecule has 0 aliphatic carbocycles. The lowest BCUT2D eigenvalue weighted by molar-refractivity contribution is 0.174. The summed E-state index contributed by atoms with van der Waals surface area (Å²) in [6.07, 6.45) is 3.56. The summed E-state index contributed by atoms with van der Waals surface area (Å²) in [6.45, 7) is 1.74. The molecule has 0 spiro atoms. The molecule has 27 heavy (non-hydrogen) atoms. The van der Waals surface area contributed by atoms with Crippen molar-refractivity contribution in [1.29, 1.82) is 0 Å². The number of furan rings is 1. The van der Waals surface area contributed by atoms with Gasteiger partial charge in [0.05, 0.1) is 24.2 Å². The molecule has 8 heteroatoms. The Balaban J connectivity index is 0.00000210. The lowest BCUT2D eigenvalue weighted by atomic mass is 10.1. The highest BCUT2D eigenvalue weighted by atomic mass is 35.5. The highest BCUT2D eigenvalue weighted by Gasteiger charge is 2.18. The first-order valence-electron chi connectivity index (χ1n) is 8.55. The summed E-state index contributed by atoms with van der Waals surface area (Å²) in [5.41, 5.74) is 3.11. The van der Waals surface area contributed by atoms with Gasteiger partial charge in [-0.1, -0.05) is 0 Å². The van der Waals surface area contributed by atoms with Crippen molar-refractivity contribution >= 4 is 12.4 Å². The fourth-order valence-corrected chi connectivity index (χ4v) is 3.11. The van der Waals surface area contributed by atoms with Crippen LogP contribution in [0.5, 0.6) is 11.5 Å². The molecule has 1 unspecified atom stereocenters. The number of aromatic nitrogens is 2. The summed E-state index contributed by atoms with van der Waals surface area (Å²) < 4.78 is 16.4. The second-order valence-corrected chi connectivity index (χ2v) is 6.46. The van der Waals surface area contributed by atoms with Gasteiger partial charge >= 0.3 is 0 Å². The lowest BCUT2D eigenvalue weighted by Gasteiger charge is -2.22. The largest absolute Gasteiger partial charge is 0.468 e. The topological polar surface area (TPSA) is 75.6 Å². The number of aromatic amines is 1. The van der Waals surface area contributed by atoms with Gasteiger partial charge in [-0.3, -0.25) is 10.00 Å². The van der Waals surface area contributed by atoms with Gasteiger partial charge in [0.25, 0.3) is 0 Å². The maximum absolute atomic E-state index is 5.55. The molecule has 4 rings (SSSR count). The third-order valence-corrected chi connectivity index (χ3v) is 4.53. The maximum Gasteiger partial charge on any atom is 0.231 e. The van der Waals surface area contributed by atoms with Crippen molar-refractivity contribution in [3.05, 3.63) is 54.1 Å². The molecule has 0 saturated carbocycles. The molecular weight excluding hydrogens is 368 g/mol. The minimum absolute atomic E-state index is 0. The van der Waals surface area contributed by atoms with Gasteiger partial charge in [-0.25, -0.2) is 0 Å². The number of benzene rings is 1. The Morgan fingerprint density at radius 3 is 2.85 bits per heavy atom. The molecule has 1 aliphatic heterocycles. The van der Waals surface area contributed by atoms with Crippen LogP contribution >= 0.6 is 12.4 Å². The lowest BCUT2D eigenvalue weighted by Crippen LogP contribution is -2.30. The molecule has 7 nitrogen and oxygen atoms in total. The second-order valence-electron chi connectivity index (χ2n) is 6.46. The summed E-state index contributed by atoms with van der Waals surface area (Å²) in [5, 5.41) is 10.8. The van der Waals surface area contributed by atoms with Crippen molar-refractivity contribution in [2.75, 3.05) is 27.4 Å². The van der Waals surface area contributed by atoms with Crippen LogP contribution in [0.2, 0.25) is 0 Å². The van der Waals surface area contributed by atoms with Crippen LogP contribution < -0.4 is 14.8 Å². The Hall–Kier alpha value is -2.48. The van der Waals surface area contributed by atoms with E-state index < -0.39 is 0 Å². The number of nitrogens with one attached hydrogen (secondary N) is 2. The van der Waals surface area contributed by atoms with Gasteiger partial charge in [0.1, 0.15) is 5.76 Å². The van der Waals surface area contributed by atoms with E-state index >= 15 is 0 Å². The highest BCUT2D eigenvalue weighted by Crippen LogP contribution is 2.36. The Bertz CT molecular complexity index is 864. The summed E-state index contributed by atoms with van der Waals surface area (Å²) >= 11 is 0. The van der Waals surface area contributed by atoms with Crippen molar-refractivity contribution in [2.45, 2.75) is 12.6 Å². The van der Waals surface area contributed by atoms with Crippen molar-refractivity contribution in [2.24, 2.45) is 0 Å². The Morgan fingerprint density at radius 1 is 1.22 bits per heavy atom. The molecule has 2 aromatic heterocycles. The van der Waals surface area contributed by atoms with Gasteiger partial charge in [0.15, 0.2) is 11.5 Å². The summed E-state index contributed by atoms with van der Waals surface area (Å²) in [4.78, 5) is 2.14. The first-order valence-corrected chi connectivity index (χ1v) is 8.55. The van der Waals surface area contributed by atoms with E-state index in [9.17, 15) is 0 Å². The normalized spacial score (nSPS) is 13.6. The molecule has 3 heterocycles. The molecular formula is C19H23ClN4O3. The van der Waals surface area contributed by atoms with E-state index in [2.05, 4.69) is 20.4 Å². The van der Waals surface area contributed by atoms with Crippen LogP contribution in [0, 0.1) is 0 Å². The second kappa shape index (κ2) is 8.47. The molecule has 2 N–H and O–H groups in total. The van der Waals surface area contributed by atoms with E-state index in [1.165, 1.54) is 0 Å². The van der Waals surface area contributed by atoms with Gasteiger partial charge in [-0.15, -0.1) is 12.4 Å². The quantitative estimate of drug-likeness (QED) is 0.645. The number of likely N-dealkylation sites (N-methyl/N-ethyl adjacent to an activating group) is 1. The zero-order valence-corrected chi connectivity index (χ0v) is 16.1. The Kier molecular flexibility index (Phi) is 6.05. The van der Waals surface area contributed by atoms with Crippen molar-refractivity contribution in [1.82, 2.24) is 20.4 Å². The third kappa shape index (κ3) is 4.10. The molecule has 3 aromatic rings. The molecule has 1 aromatic carbocycles. The molecule has 0 saturated heterocycles. The van der Waals surface area contributed by atoms with Crippen LogP contribution in [-0.2, 0) is 6.54 Å². The smallest absolute Gasteiger partial charge is 0.231 e. The minimum atomic E-state index is 0. The van der Waals surface area contributed by atoms with Crippen LogP contribution in [0.3, 0.4) is 0 Å². The predicted octanol–water partition coefficient (Wildman–Crippen LogP) is 3.21. The zero-order valence-electron chi connectivity index (χ0n) is 15.3. The van der Waals surface area contributed by atoms with Gasteiger partial charge < -0.3 is 19.2 Å². The SMILES string of the molecule is CN(C)C(CNCc1cn[nH]c1-c1ccc2c(c1)OCO2)c1ccco1.Cl. The summed E-state index contributed by atoms with van der Waals surface area (Å²) in [6, 6.07) is 10.0. The molecule has 1 aliphatic rings. The van der Waals surface area contributed by atoms with E-state index in [4.69, 9.17) is 13.9 Å². The van der Waals surface area contributed by atoms with E-state index in [1.807, 2.05) is 50.6 Å². The fraction of sp³-hybridized carbons (Fsp3) is 0.316. The first kappa shape index (κ1) is 19.3. The fourth-order valence-electron chi connectivity index (χ4n) is 3.11. The summed E-state index contributed by atoms with van der Waals surface area (Å²) in [7, 11) is 4.09. The van der Waals surface area contributed by atoms with Gasteiger partial charge in [0, 0.05) is 24.2 Å². The van der Waals surface area contributed by atoms with Gasteiger partial charge in [-0.05, 0) is 44.4 Å². The maximum atomic E-state index is 5.55.